The van der Waals surface area contributed by atoms with Crippen molar-refractivity contribution in [2.24, 2.45) is 0 Å². The first-order valence-corrected chi connectivity index (χ1v) is 10.9. The van der Waals surface area contributed by atoms with Crippen molar-refractivity contribution < 1.29 is 12.3 Å². The molecule has 0 radical (unpaired) electrons. The lowest BCUT2D eigenvalue weighted by atomic mass is 10.2. The van der Waals surface area contributed by atoms with E-state index in [4.69, 9.17) is 0 Å². The maximum absolute atomic E-state index is 16.1. The van der Waals surface area contributed by atoms with Gasteiger partial charge in [0.15, 0.2) is 0 Å². The van der Waals surface area contributed by atoms with Crippen molar-refractivity contribution in [3.63, 3.8) is 0 Å². The lowest BCUT2D eigenvalue weighted by Gasteiger charge is -2.47. The normalized spacial score (nSPS) is 16.6. The van der Waals surface area contributed by atoms with Crippen LogP contribution in [0.2, 0.25) is 11.6 Å². The van der Waals surface area contributed by atoms with E-state index in [1.54, 1.807) is 65.0 Å². The van der Waals surface area contributed by atoms with E-state index in [1.807, 2.05) is 0 Å². The zero-order chi connectivity index (χ0) is 15.8. The fraction of sp³-hybridized carbons (Fsp3) is 0.571. The quantitative estimate of drug-likeness (QED) is 0.590. The van der Waals surface area contributed by atoms with Gasteiger partial charge >= 0.3 is 17.5 Å². The summed E-state index contributed by atoms with van der Waals surface area (Å²) in [6.45, 7) is 9.40. The van der Waals surface area contributed by atoms with Crippen molar-refractivity contribution in [3.8, 4) is 0 Å². The van der Waals surface area contributed by atoms with Crippen molar-refractivity contribution >= 4 is 22.7 Å². The van der Waals surface area contributed by atoms with Gasteiger partial charge in [-0.3, -0.25) is 16.6 Å². The third-order valence-corrected chi connectivity index (χ3v) is 11.2. The van der Waals surface area contributed by atoms with E-state index in [9.17, 15) is 8.22 Å². The Morgan fingerprint density at radius 3 is 1.75 bits per heavy atom. The minimum atomic E-state index is -4.76. The number of benzene rings is 1. The summed E-state index contributed by atoms with van der Waals surface area (Å²) >= 11 is 0. The second kappa shape index (κ2) is 5.65. The van der Waals surface area contributed by atoms with Crippen molar-refractivity contribution in [2.45, 2.75) is 52.2 Å². The molecule has 6 heteroatoms. The maximum Gasteiger partial charge on any atom is 0.500 e. The SMILES string of the molecule is CC(C)N([Si](C)(F)F)[Si](F)(c1ccccc1)C(C)(C)C. The lowest BCUT2D eigenvalue weighted by molar-refractivity contribution is 0.354. The van der Waals surface area contributed by atoms with Crippen LogP contribution in [0.5, 0.6) is 0 Å². The van der Waals surface area contributed by atoms with Crippen molar-refractivity contribution in [3.05, 3.63) is 30.3 Å². The highest BCUT2D eigenvalue weighted by molar-refractivity contribution is 6.93. The molecular formula is C14H24F3NSi2. The van der Waals surface area contributed by atoms with E-state index in [2.05, 4.69) is 0 Å². The van der Waals surface area contributed by atoms with E-state index >= 15 is 4.11 Å². The number of nitrogens with zero attached hydrogens (tertiary/aromatic N) is 1. The third-order valence-electron chi connectivity index (χ3n) is 3.42. The first-order valence-electron chi connectivity index (χ1n) is 6.84. The van der Waals surface area contributed by atoms with Crippen LogP contribution in [0.1, 0.15) is 34.6 Å². The highest BCUT2D eigenvalue weighted by Gasteiger charge is 2.61. The molecule has 0 saturated carbocycles. The average Bonchev–Trinajstić information content (AvgIpc) is 2.26. The summed E-state index contributed by atoms with van der Waals surface area (Å²) in [5.74, 6) is 0. The largest absolute Gasteiger partial charge is 0.500 e. The van der Waals surface area contributed by atoms with Gasteiger partial charge < -0.3 is 0 Å². The highest BCUT2D eigenvalue weighted by atomic mass is 28.5. The van der Waals surface area contributed by atoms with Crippen LogP contribution in [-0.2, 0) is 0 Å². The smallest absolute Gasteiger partial charge is 0.286 e. The molecule has 1 atom stereocenters. The fourth-order valence-corrected chi connectivity index (χ4v) is 10.3. The Hall–Kier alpha value is -0.596. The zero-order valence-corrected chi connectivity index (χ0v) is 15.0. The molecule has 0 aliphatic heterocycles. The van der Waals surface area contributed by atoms with E-state index in [-0.39, 0.29) is 0 Å². The molecule has 0 spiro atoms. The van der Waals surface area contributed by atoms with Crippen LogP contribution >= 0.6 is 0 Å². The molecule has 0 fully saturated rings. The van der Waals surface area contributed by atoms with E-state index in [0.717, 1.165) is 10.8 Å². The third kappa shape index (κ3) is 3.18. The van der Waals surface area contributed by atoms with Crippen molar-refractivity contribution in [1.29, 1.82) is 0 Å². The maximum atomic E-state index is 16.1. The summed E-state index contributed by atoms with van der Waals surface area (Å²) in [6.07, 6.45) is 0. The Labute approximate surface area is 122 Å². The Kier molecular flexibility index (Phi) is 4.93. The molecule has 0 heterocycles. The van der Waals surface area contributed by atoms with Crippen LogP contribution in [0.4, 0.5) is 12.3 Å². The van der Waals surface area contributed by atoms with E-state index in [0.29, 0.717) is 5.19 Å². The van der Waals surface area contributed by atoms with Crippen LogP contribution in [0.3, 0.4) is 0 Å². The monoisotopic (exact) mass is 319 g/mol. The minimum Gasteiger partial charge on any atom is -0.286 e. The Balaban J connectivity index is 3.54. The van der Waals surface area contributed by atoms with Crippen LogP contribution in [-0.4, -0.2) is 27.7 Å². The van der Waals surface area contributed by atoms with Crippen LogP contribution < -0.4 is 5.19 Å². The molecule has 20 heavy (non-hydrogen) atoms. The summed E-state index contributed by atoms with van der Waals surface area (Å²) < 4.78 is 45.4. The summed E-state index contributed by atoms with van der Waals surface area (Å²) in [7, 11) is -8.77. The van der Waals surface area contributed by atoms with E-state index in [1.165, 1.54) is 0 Å². The zero-order valence-electron chi connectivity index (χ0n) is 13.0. The van der Waals surface area contributed by atoms with Crippen LogP contribution in [0.15, 0.2) is 30.3 Å². The summed E-state index contributed by atoms with van der Waals surface area (Å²) in [5, 5.41) is -0.402. The summed E-state index contributed by atoms with van der Waals surface area (Å²) in [5.41, 5.74) is 0. The molecule has 0 aliphatic rings. The van der Waals surface area contributed by atoms with Gasteiger partial charge in [0.05, 0.1) is 0 Å². The van der Waals surface area contributed by atoms with Gasteiger partial charge in [-0.1, -0.05) is 65.0 Å². The van der Waals surface area contributed by atoms with E-state index < -0.39 is 28.6 Å². The van der Waals surface area contributed by atoms with Gasteiger partial charge in [-0.15, -0.1) is 0 Å². The van der Waals surface area contributed by atoms with Gasteiger partial charge in [0.1, 0.15) is 0 Å². The number of halogens is 3. The average molecular weight is 320 g/mol. The molecule has 1 aromatic rings. The Bertz CT molecular complexity index is 440. The van der Waals surface area contributed by atoms with Gasteiger partial charge in [-0.05, 0) is 11.2 Å². The van der Waals surface area contributed by atoms with Crippen molar-refractivity contribution in [1.82, 2.24) is 4.23 Å². The topological polar surface area (TPSA) is 3.24 Å². The fourth-order valence-electron chi connectivity index (χ4n) is 2.67. The predicted octanol–water partition coefficient (Wildman–Crippen LogP) is 4.32. The number of hydrogen-bond acceptors (Lipinski definition) is 1. The van der Waals surface area contributed by atoms with Crippen LogP contribution in [0.25, 0.3) is 0 Å². The first kappa shape index (κ1) is 17.5. The van der Waals surface area contributed by atoms with Gasteiger partial charge in [0, 0.05) is 11.6 Å². The van der Waals surface area contributed by atoms with Gasteiger partial charge in [-0.25, -0.2) is 0 Å². The molecule has 0 saturated heterocycles. The first-order chi connectivity index (χ1) is 8.92. The standard InChI is InChI=1S/C14H24F3NSi2/c1-12(2)18(19(6,15)16)20(17,14(3,4)5)13-10-8-7-9-11-13/h7-12H,1-6H3. The number of rotatable bonds is 4. The van der Waals surface area contributed by atoms with Gasteiger partial charge in [0.2, 0.25) is 0 Å². The summed E-state index contributed by atoms with van der Waals surface area (Å²) in [6, 6.07) is 7.99. The highest BCUT2D eigenvalue weighted by Crippen LogP contribution is 2.42. The molecule has 0 aliphatic carbocycles. The molecule has 1 unspecified atom stereocenters. The molecule has 0 N–H and O–H groups in total. The molecule has 1 aromatic carbocycles. The number of hydrogen-bond donors (Lipinski definition) is 0. The molecule has 114 valence electrons. The predicted molar refractivity (Wildman–Crippen MR) is 83.5 cm³/mol. The van der Waals surface area contributed by atoms with Crippen LogP contribution in [0, 0.1) is 0 Å². The molecule has 1 rings (SSSR count). The second-order valence-corrected chi connectivity index (χ2v) is 13.0. The summed E-state index contributed by atoms with van der Waals surface area (Å²) in [4.78, 5) is 0. The Morgan fingerprint density at radius 1 is 1.00 bits per heavy atom. The van der Waals surface area contributed by atoms with Gasteiger partial charge in [0.25, 0.3) is 0 Å². The molecular weight excluding hydrogens is 295 g/mol. The Morgan fingerprint density at radius 2 is 1.45 bits per heavy atom. The lowest BCUT2D eigenvalue weighted by Crippen LogP contribution is -2.72. The second-order valence-electron chi connectivity index (χ2n) is 6.54. The molecule has 0 aromatic heterocycles. The van der Waals surface area contributed by atoms with Gasteiger partial charge in [-0.2, -0.15) is 0 Å². The molecule has 0 bridgehead atoms. The molecule has 0 amide bonds. The molecule has 1 nitrogen and oxygen atoms in total. The minimum absolute atomic E-state index is 0.426. The van der Waals surface area contributed by atoms with Crippen molar-refractivity contribution in [2.75, 3.05) is 0 Å².